The van der Waals surface area contributed by atoms with Gasteiger partial charge >= 0.3 is 0 Å². The van der Waals surface area contributed by atoms with Crippen LogP contribution in [0.5, 0.6) is 0 Å². The van der Waals surface area contributed by atoms with Gasteiger partial charge < -0.3 is 0 Å². The summed E-state index contributed by atoms with van der Waals surface area (Å²) in [6, 6.07) is 45.2. The number of nitrogens with zero attached hydrogens (tertiary/aromatic N) is 4. The average Bonchev–Trinajstić information content (AvgIpc) is 3.74. The summed E-state index contributed by atoms with van der Waals surface area (Å²) in [7, 11) is 0. The van der Waals surface area contributed by atoms with Crippen LogP contribution in [-0.4, -0.2) is 30.4 Å². The normalized spacial score (nSPS) is 11.0. The molecule has 5 aromatic carbocycles. The lowest BCUT2D eigenvalue weighted by Gasteiger charge is -2.03. The molecule has 0 aliphatic rings. The molecule has 0 fully saturated rings. The molecule has 0 aliphatic heterocycles. The van der Waals surface area contributed by atoms with Crippen molar-refractivity contribution in [2.75, 3.05) is 0 Å². The molecule has 2 N–H and O–H groups in total. The molecule has 6 nitrogen and oxygen atoms in total. The maximum Gasteiger partial charge on any atom is 0.181 e. The summed E-state index contributed by atoms with van der Waals surface area (Å²) in [6.07, 6.45) is 0. The van der Waals surface area contributed by atoms with Gasteiger partial charge in [0.15, 0.2) is 23.3 Å². The fourth-order valence-electron chi connectivity index (χ4n) is 4.79. The molecule has 40 heavy (non-hydrogen) atoms. The number of benzene rings is 5. The predicted octanol–water partition coefficient (Wildman–Crippen LogP) is 7.92. The molecular weight excluding hydrogens is 492 g/mol. The van der Waals surface area contributed by atoms with Crippen molar-refractivity contribution in [1.82, 2.24) is 30.4 Å². The number of aromatic amines is 2. The number of aromatic nitrogens is 6. The van der Waals surface area contributed by atoms with Crippen LogP contribution in [0.3, 0.4) is 0 Å². The van der Waals surface area contributed by atoms with E-state index in [1.165, 1.54) is 0 Å². The lowest BCUT2D eigenvalue weighted by molar-refractivity contribution is 1.10. The van der Waals surface area contributed by atoms with E-state index in [0.29, 0.717) is 11.6 Å². The van der Waals surface area contributed by atoms with Gasteiger partial charge in [-0.2, -0.15) is 10.2 Å². The van der Waals surface area contributed by atoms with E-state index in [-0.39, 0.29) is 0 Å². The molecule has 2 aromatic heterocycles. The first-order valence-electron chi connectivity index (χ1n) is 13.1. The Morgan fingerprint density at radius 3 is 1.12 bits per heavy atom. The second-order valence-electron chi connectivity index (χ2n) is 9.49. The van der Waals surface area contributed by atoms with E-state index in [1.807, 2.05) is 84.9 Å². The first-order chi connectivity index (χ1) is 19.8. The lowest BCUT2D eigenvalue weighted by atomic mass is 10.0. The molecule has 0 saturated heterocycles. The molecule has 190 valence electrons. The van der Waals surface area contributed by atoms with E-state index in [2.05, 4.69) is 68.9 Å². The number of hydrogen-bond donors (Lipinski definition) is 2. The third-order valence-corrected chi connectivity index (χ3v) is 6.84. The zero-order valence-electron chi connectivity index (χ0n) is 21.5. The Kier molecular flexibility index (Phi) is 6.03. The van der Waals surface area contributed by atoms with Crippen molar-refractivity contribution >= 4 is 0 Å². The summed E-state index contributed by atoms with van der Waals surface area (Å²) in [5, 5.41) is 15.2. The summed E-state index contributed by atoms with van der Waals surface area (Å²) >= 11 is 0. The van der Waals surface area contributed by atoms with E-state index in [0.717, 1.165) is 56.2 Å². The quantitative estimate of drug-likeness (QED) is 0.235. The van der Waals surface area contributed by atoms with Crippen LogP contribution in [0.25, 0.3) is 67.8 Å². The number of H-pyrrole nitrogens is 2. The molecule has 6 heteroatoms. The van der Waals surface area contributed by atoms with Crippen LogP contribution in [0, 0.1) is 0 Å². The minimum Gasteiger partial charge on any atom is -0.259 e. The van der Waals surface area contributed by atoms with Crippen molar-refractivity contribution in [3.8, 4) is 67.8 Å². The third-order valence-electron chi connectivity index (χ3n) is 6.84. The molecule has 0 amide bonds. The van der Waals surface area contributed by atoms with E-state index >= 15 is 0 Å². The smallest absolute Gasteiger partial charge is 0.181 e. The number of hydrogen-bond acceptors (Lipinski definition) is 4. The van der Waals surface area contributed by atoms with Crippen LogP contribution in [0.2, 0.25) is 0 Å². The maximum atomic E-state index is 4.80. The molecule has 0 radical (unpaired) electrons. The summed E-state index contributed by atoms with van der Waals surface area (Å²) in [5.41, 5.74) is 8.32. The summed E-state index contributed by atoms with van der Waals surface area (Å²) in [5.74, 6) is 2.68. The average molecular weight is 517 g/mol. The zero-order chi connectivity index (χ0) is 26.7. The van der Waals surface area contributed by atoms with Gasteiger partial charge in [0, 0.05) is 22.3 Å². The van der Waals surface area contributed by atoms with Crippen molar-refractivity contribution in [3.05, 3.63) is 133 Å². The molecule has 0 saturated carbocycles. The Morgan fingerprint density at radius 2 is 0.675 bits per heavy atom. The summed E-state index contributed by atoms with van der Waals surface area (Å²) in [4.78, 5) is 9.59. The van der Waals surface area contributed by atoms with Gasteiger partial charge in [-0.1, -0.05) is 115 Å². The highest BCUT2D eigenvalue weighted by Gasteiger charge is 2.13. The van der Waals surface area contributed by atoms with Crippen molar-refractivity contribution < 1.29 is 0 Å². The van der Waals surface area contributed by atoms with Crippen molar-refractivity contribution in [1.29, 1.82) is 0 Å². The van der Waals surface area contributed by atoms with E-state index in [1.54, 1.807) is 0 Å². The van der Waals surface area contributed by atoms with Crippen LogP contribution < -0.4 is 0 Å². The second kappa shape index (κ2) is 10.3. The van der Waals surface area contributed by atoms with Gasteiger partial charge in [-0.15, -0.1) is 0 Å². The molecular formula is C34H24N6. The zero-order valence-corrected chi connectivity index (χ0v) is 21.5. The summed E-state index contributed by atoms with van der Waals surface area (Å²) < 4.78 is 0. The van der Waals surface area contributed by atoms with Crippen LogP contribution in [0.15, 0.2) is 133 Å². The molecule has 0 bridgehead atoms. The van der Waals surface area contributed by atoms with Crippen molar-refractivity contribution in [2.24, 2.45) is 0 Å². The van der Waals surface area contributed by atoms with Gasteiger partial charge in [-0.25, -0.2) is 9.97 Å². The topological polar surface area (TPSA) is 83.1 Å². The molecule has 2 heterocycles. The minimum absolute atomic E-state index is 0.619. The van der Waals surface area contributed by atoms with Gasteiger partial charge in [0.2, 0.25) is 0 Å². The van der Waals surface area contributed by atoms with Gasteiger partial charge in [0.05, 0.1) is 0 Å². The van der Waals surface area contributed by atoms with Crippen molar-refractivity contribution in [3.63, 3.8) is 0 Å². The van der Waals surface area contributed by atoms with Gasteiger partial charge in [-0.05, 0) is 40.5 Å². The highest BCUT2D eigenvalue weighted by molar-refractivity contribution is 5.73. The lowest BCUT2D eigenvalue weighted by Crippen LogP contribution is -1.86. The fourth-order valence-corrected chi connectivity index (χ4v) is 4.79. The molecule has 0 atom stereocenters. The van der Waals surface area contributed by atoms with E-state index in [9.17, 15) is 0 Å². The van der Waals surface area contributed by atoms with Gasteiger partial charge in [-0.3, -0.25) is 10.2 Å². The van der Waals surface area contributed by atoms with Gasteiger partial charge in [0.25, 0.3) is 0 Å². The molecule has 7 rings (SSSR count). The van der Waals surface area contributed by atoms with Gasteiger partial charge in [0.1, 0.15) is 0 Å². The Balaban J connectivity index is 1.15. The minimum atomic E-state index is 0.619. The molecule has 7 aromatic rings. The second-order valence-corrected chi connectivity index (χ2v) is 9.49. The third kappa shape index (κ3) is 4.70. The Bertz CT molecular complexity index is 1770. The van der Waals surface area contributed by atoms with E-state index < -0.39 is 0 Å². The first-order valence-corrected chi connectivity index (χ1v) is 13.1. The van der Waals surface area contributed by atoms with Crippen LogP contribution in [0.4, 0.5) is 0 Å². The Labute approximate surface area is 231 Å². The monoisotopic (exact) mass is 516 g/mol. The SMILES string of the molecule is c1ccc(-c2cccc(-c3nc(-c4cccc(-c5n[nH]c(-c6cccc(-c7ccccc7)c6)n5)c4)n[nH]3)c2)cc1. The van der Waals surface area contributed by atoms with Crippen LogP contribution >= 0.6 is 0 Å². The molecule has 0 spiro atoms. The predicted molar refractivity (Wildman–Crippen MR) is 159 cm³/mol. The van der Waals surface area contributed by atoms with E-state index in [4.69, 9.17) is 9.97 Å². The highest BCUT2D eigenvalue weighted by atomic mass is 15.2. The molecule has 0 unspecified atom stereocenters. The van der Waals surface area contributed by atoms with Crippen molar-refractivity contribution in [2.45, 2.75) is 0 Å². The standard InChI is InChI=1S/C34H24N6/c1-3-10-23(11-4-1)25-14-7-16-27(20-25)31-35-33(39-37-31)29-18-9-19-30(22-29)34-36-32(38-40-34)28-17-8-15-26(21-28)24-12-5-2-6-13-24/h1-22H,(H,35,37,39)(H,36,38,40). The molecule has 0 aliphatic carbocycles. The van der Waals surface area contributed by atoms with Crippen LogP contribution in [0.1, 0.15) is 0 Å². The van der Waals surface area contributed by atoms with Crippen LogP contribution in [-0.2, 0) is 0 Å². The highest BCUT2D eigenvalue weighted by Crippen LogP contribution is 2.29. The Morgan fingerprint density at radius 1 is 0.325 bits per heavy atom. The number of nitrogens with one attached hydrogen (secondary N) is 2. The number of rotatable bonds is 6. The first kappa shape index (κ1) is 23.5. The summed E-state index contributed by atoms with van der Waals surface area (Å²) in [6.45, 7) is 0. The maximum absolute atomic E-state index is 4.80. The largest absolute Gasteiger partial charge is 0.259 e. The fraction of sp³-hybridized carbons (Fsp3) is 0. The Hall–Kier alpha value is -5.62.